The van der Waals surface area contributed by atoms with Crippen LogP contribution in [0.1, 0.15) is 45.8 Å². The minimum Gasteiger partial charge on any atom is -0.347 e. The van der Waals surface area contributed by atoms with Gasteiger partial charge in [-0.05, 0) is 56.1 Å². The maximum Gasteiger partial charge on any atom is 0.261 e. The quantitative estimate of drug-likeness (QED) is 0.898. The fourth-order valence-corrected chi connectivity index (χ4v) is 3.87. The number of thiophene rings is 1. The molecule has 1 unspecified atom stereocenters. The second kappa shape index (κ2) is 6.25. The third kappa shape index (κ3) is 3.30. The summed E-state index contributed by atoms with van der Waals surface area (Å²) in [6, 6.07) is 2.27. The first-order valence-electron chi connectivity index (χ1n) is 6.90. The molecule has 1 saturated carbocycles. The van der Waals surface area contributed by atoms with Gasteiger partial charge >= 0.3 is 0 Å². The van der Waals surface area contributed by atoms with Crippen LogP contribution in [-0.4, -0.2) is 18.5 Å². The largest absolute Gasteiger partial charge is 0.347 e. The SMILES string of the molecule is Cl.NCC(NC(=O)c1cc2c(s1)CCCC2)C1CC1. The summed E-state index contributed by atoms with van der Waals surface area (Å²) in [5, 5.41) is 3.10. The lowest BCUT2D eigenvalue weighted by molar-refractivity contribution is 0.0937. The van der Waals surface area contributed by atoms with E-state index in [1.54, 1.807) is 11.3 Å². The predicted molar refractivity (Wildman–Crippen MR) is 81.2 cm³/mol. The van der Waals surface area contributed by atoms with Crippen molar-refractivity contribution in [2.75, 3.05) is 6.54 Å². The molecule has 0 bridgehead atoms. The lowest BCUT2D eigenvalue weighted by atomic mass is 9.99. The van der Waals surface area contributed by atoms with Gasteiger partial charge in [0, 0.05) is 17.5 Å². The fraction of sp³-hybridized carbons (Fsp3) is 0.643. The van der Waals surface area contributed by atoms with E-state index in [4.69, 9.17) is 5.73 Å². The number of hydrogen-bond donors (Lipinski definition) is 2. The Morgan fingerprint density at radius 2 is 2.16 bits per heavy atom. The second-order valence-electron chi connectivity index (χ2n) is 5.42. The Morgan fingerprint density at radius 3 is 2.79 bits per heavy atom. The summed E-state index contributed by atoms with van der Waals surface area (Å²) in [7, 11) is 0. The van der Waals surface area contributed by atoms with Crippen LogP contribution in [0.2, 0.25) is 0 Å². The average Bonchev–Trinajstić information content (AvgIpc) is 3.13. The number of hydrogen-bond acceptors (Lipinski definition) is 3. The average molecular weight is 301 g/mol. The maximum atomic E-state index is 12.2. The van der Waals surface area contributed by atoms with Crippen LogP contribution >= 0.6 is 23.7 Å². The molecule has 0 radical (unpaired) electrons. The molecule has 3 rings (SSSR count). The van der Waals surface area contributed by atoms with Gasteiger partial charge in [0.25, 0.3) is 5.91 Å². The lowest BCUT2D eigenvalue weighted by Gasteiger charge is -2.15. The van der Waals surface area contributed by atoms with Crippen LogP contribution in [0.3, 0.4) is 0 Å². The normalized spacial score (nSPS) is 19.2. The minimum absolute atomic E-state index is 0. The van der Waals surface area contributed by atoms with Crippen molar-refractivity contribution in [3.05, 3.63) is 21.4 Å². The first-order chi connectivity index (χ1) is 8.78. The summed E-state index contributed by atoms with van der Waals surface area (Å²) in [6.07, 6.45) is 7.24. The van der Waals surface area contributed by atoms with Crippen LogP contribution in [0.15, 0.2) is 6.07 Å². The third-order valence-electron chi connectivity index (χ3n) is 3.98. The zero-order chi connectivity index (χ0) is 12.5. The van der Waals surface area contributed by atoms with Crippen molar-refractivity contribution in [1.82, 2.24) is 5.32 Å². The molecule has 1 aromatic heterocycles. The highest BCUT2D eigenvalue weighted by atomic mass is 35.5. The molecule has 3 nitrogen and oxygen atoms in total. The molecule has 0 aromatic carbocycles. The maximum absolute atomic E-state index is 12.2. The van der Waals surface area contributed by atoms with Gasteiger partial charge in [0.15, 0.2) is 0 Å². The van der Waals surface area contributed by atoms with Crippen LogP contribution in [0.4, 0.5) is 0 Å². The van der Waals surface area contributed by atoms with E-state index in [1.165, 1.54) is 36.1 Å². The molecule has 2 aliphatic rings. The number of carbonyl (C=O) groups is 1. The number of fused-ring (bicyclic) bond motifs is 1. The van der Waals surface area contributed by atoms with Crippen molar-refractivity contribution in [3.8, 4) is 0 Å². The Hall–Kier alpha value is -0.580. The summed E-state index contributed by atoms with van der Waals surface area (Å²) >= 11 is 1.68. The van der Waals surface area contributed by atoms with E-state index >= 15 is 0 Å². The van der Waals surface area contributed by atoms with Crippen molar-refractivity contribution in [2.24, 2.45) is 11.7 Å². The van der Waals surface area contributed by atoms with Crippen LogP contribution in [0, 0.1) is 5.92 Å². The summed E-state index contributed by atoms with van der Waals surface area (Å²) in [5.41, 5.74) is 7.12. The summed E-state index contributed by atoms with van der Waals surface area (Å²) in [6.45, 7) is 0.557. The standard InChI is InChI=1S/C14H20N2OS.ClH/c15-8-11(9-5-6-9)16-14(17)13-7-10-3-1-2-4-12(10)18-13;/h7,9,11H,1-6,8,15H2,(H,16,17);1H. The molecular weight excluding hydrogens is 280 g/mol. The number of rotatable bonds is 4. The molecule has 3 N–H and O–H groups in total. The number of carbonyl (C=O) groups excluding carboxylic acids is 1. The Morgan fingerprint density at radius 1 is 1.42 bits per heavy atom. The van der Waals surface area contributed by atoms with Gasteiger partial charge in [0.05, 0.1) is 4.88 Å². The third-order valence-corrected chi connectivity index (χ3v) is 5.22. The van der Waals surface area contributed by atoms with E-state index in [9.17, 15) is 4.79 Å². The monoisotopic (exact) mass is 300 g/mol. The number of nitrogens with two attached hydrogens (primary N) is 1. The van der Waals surface area contributed by atoms with Gasteiger partial charge in [-0.2, -0.15) is 0 Å². The van der Waals surface area contributed by atoms with E-state index in [0.717, 1.165) is 17.7 Å². The Kier molecular flexibility index (Phi) is 4.87. The van der Waals surface area contributed by atoms with Crippen molar-refractivity contribution in [1.29, 1.82) is 0 Å². The zero-order valence-electron chi connectivity index (χ0n) is 11.0. The van der Waals surface area contributed by atoms with E-state index in [1.807, 2.05) is 0 Å². The van der Waals surface area contributed by atoms with Crippen molar-refractivity contribution < 1.29 is 4.79 Å². The van der Waals surface area contributed by atoms with Gasteiger partial charge in [-0.15, -0.1) is 23.7 Å². The van der Waals surface area contributed by atoms with E-state index < -0.39 is 0 Å². The van der Waals surface area contributed by atoms with Crippen LogP contribution in [-0.2, 0) is 12.8 Å². The van der Waals surface area contributed by atoms with Crippen LogP contribution in [0.25, 0.3) is 0 Å². The molecule has 19 heavy (non-hydrogen) atoms. The minimum atomic E-state index is 0. The molecule has 1 fully saturated rings. The summed E-state index contributed by atoms with van der Waals surface area (Å²) < 4.78 is 0. The molecule has 1 aromatic rings. The highest BCUT2D eigenvalue weighted by molar-refractivity contribution is 7.14. The van der Waals surface area contributed by atoms with Gasteiger partial charge in [0.1, 0.15) is 0 Å². The van der Waals surface area contributed by atoms with Gasteiger partial charge in [-0.1, -0.05) is 0 Å². The first-order valence-corrected chi connectivity index (χ1v) is 7.72. The Balaban J connectivity index is 0.00000133. The molecule has 1 heterocycles. The smallest absolute Gasteiger partial charge is 0.261 e. The summed E-state index contributed by atoms with van der Waals surface area (Å²) in [5.74, 6) is 0.699. The lowest BCUT2D eigenvalue weighted by Crippen LogP contribution is -2.41. The number of halogens is 1. The molecule has 5 heteroatoms. The topological polar surface area (TPSA) is 55.1 Å². The molecule has 0 spiro atoms. The first kappa shape index (κ1) is 14.8. The molecule has 0 saturated heterocycles. The van der Waals surface area contributed by atoms with Gasteiger partial charge < -0.3 is 11.1 Å². The number of nitrogens with one attached hydrogen (secondary N) is 1. The van der Waals surface area contributed by atoms with Crippen molar-refractivity contribution in [3.63, 3.8) is 0 Å². The number of aryl methyl sites for hydroxylation is 2. The zero-order valence-corrected chi connectivity index (χ0v) is 12.6. The fourth-order valence-electron chi connectivity index (χ4n) is 2.71. The molecular formula is C14H21ClN2OS. The second-order valence-corrected chi connectivity index (χ2v) is 6.56. The molecule has 0 aliphatic heterocycles. The highest BCUT2D eigenvalue weighted by Gasteiger charge is 2.31. The van der Waals surface area contributed by atoms with Crippen LogP contribution in [0.5, 0.6) is 0 Å². The molecule has 2 aliphatic carbocycles. The van der Waals surface area contributed by atoms with E-state index in [2.05, 4.69) is 11.4 Å². The van der Waals surface area contributed by atoms with E-state index in [0.29, 0.717) is 12.5 Å². The van der Waals surface area contributed by atoms with Crippen molar-refractivity contribution in [2.45, 2.75) is 44.6 Å². The van der Waals surface area contributed by atoms with Gasteiger partial charge in [0.2, 0.25) is 0 Å². The van der Waals surface area contributed by atoms with Gasteiger partial charge in [-0.25, -0.2) is 0 Å². The van der Waals surface area contributed by atoms with E-state index in [-0.39, 0.29) is 24.4 Å². The van der Waals surface area contributed by atoms with Crippen LogP contribution < -0.4 is 11.1 Å². The molecule has 106 valence electrons. The van der Waals surface area contributed by atoms with Gasteiger partial charge in [-0.3, -0.25) is 4.79 Å². The summed E-state index contributed by atoms with van der Waals surface area (Å²) in [4.78, 5) is 14.5. The number of amides is 1. The Labute approximate surface area is 124 Å². The predicted octanol–water partition coefficient (Wildman–Crippen LogP) is 2.52. The van der Waals surface area contributed by atoms with Crippen molar-refractivity contribution >= 4 is 29.7 Å². The highest BCUT2D eigenvalue weighted by Crippen LogP contribution is 2.33. The Bertz CT molecular complexity index is 433. The molecule has 1 atom stereocenters. The molecule has 1 amide bonds.